The highest BCUT2D eigenvalue weighted by Crippen LogP contribution is 2.36. The van der Waals surface area contributed by atoms with Gasteiger partial charge in [0.1, 0.15) is 22.8 Å². The van der Waals surface area contributed by atoms with Crippen LogP contribution in [-0.2, 0) is 9.53 Å². The number of methoxy groups -OCH3 is 1. The van der Waals surface area contributed by atoms with Crippen molar-refractivity contribution < 1.29 is 23.4 Å². The number of hydrogen-bond donors (Lipinski definition) is 0. The number of carbonyl (C=O) groups excluding carboxylic acids is 1. The lowest BCUT2D eigenvalue weighted by atomic mass is 10.2. The van der Waals surface area contributed by atoms with Gasteiger partial charge in [0.25, 0.3) is 5.91 Å². The number of anilines is 1. The molecule has 0 aliphatic carbocycles. The molecule has 0 atom stereocenters. The summed E-state index contributed by atoms with van der Waals surface area (Å²) in [7, 11) is 1.62. The van der Waals surface area contributed by atoms with Crippen molar-refractivity contribution in [2.24, 2.45) is 0 Å². The van der Waals surface area contributed by atoms with Crippen LogP contribution >= 0.6 is 23.7 Å². The second-order valence-electron chi connectivity index (χ2n) is 7.85. The first-order valence-electron chi connectivity index (χ1n) is 11.0. The zero-order valence-corrected chi connectivity index (χ0v) is 20.9. The van der Waals surface area contributed by atoms with E-state index in [1.54, 1.807) is 12.0 Å². The summed E-state index contributed by atoms with van der Waals surface area (Å²) in [6.45, 7) is 6.54. The van der Waals surface area contributed by atoms with Crippen LogP contribution in [0.4, 0.5) is 9.52 Å². The number of carbonyl (C=O) groups is 1. The fraction of sp³-hybridized carbons (Fsp3) is 0.417. The summed E-state index contributed by atoms with van der Waals surface area (Å²) >= 11 is 1.47. The summed E-state index contributed by atoms with van der Waals surface area (Å²) in [5, 5.41) is 0.618. The minimum atomic E-state index is -0.350. The normalized spacial score (nSPS) is 14.0. The van der Waals surface area contributed by atoms with Crippen molar-refractivity contribution in [2.45, 2.75) is 13.3 Å². The molecule has 4 rings (SSSR count). The van der Waals surface area contributed by atoms with Gasteiger partial charge in [-0.2, -0.15) is 0 Å². The molecule has 1 fully saturated rings. The van der Waals surface area contributed by atoms with Gasteiger partial charge in [-0.1, -0.05) is 17.4 Å². The third kappa shape index (κ3) is 6.35. The SMILES string of the molecule is COc1ccc(C)c2sc(N(CCCN3CCOCC3)C(=O)COc3ccc(F)cc3)nc12.Cl. The van der Waals surface area contributed by atoms with E-state index >= 15 is 0 Å². The highest BCUT2D eigenvalue weighted by atomic mass is 35.5. The zero-order valence-electron chi connectivity index (χ0n) is 19.3. The molecule has 184 valence electrons. The Kier molecular flexibility index (Phi) is 9.46. The van der Waals surface area contributed by atoms with E-state index in [4.69, 9.17) is 19.2 Å². The van der Waals surface area contributed by atoms with E-state index in [9.17, 15) is 9.18 Å². The number of aromatic nitrogens is 1. The maximum absolute atomic E-state index is 13.2. The third-order valence-corrected chi connectivity index (χ3v) is 6.79. The van der Waals surface area contributed by atoms with Crippen molar-refractivity contribution in [2.75, 3.05) is 58.0 Å². The van der Waals surface area contributed by atoms with Gasteiger partial charge < -0.3 is 14.2 Å². The molecule has 1 aliphatic heterocycles. The largest absolute Gasteiger partial charge is 0.494 e. The summed E-state index contributed by atoms with van der Waals surface area (Å²) in [5.41, 5.74) is 1.83. The van der Waals surface area contributed by atoms with E-state index in [1.165, 1.54) is 35.6 Å². The van der Waals surface area contributed by atoms with Gasteiger partial charge in [-0.3, -0.25) is 14.6 Å². The fourth-order valence-corrected chi connectivity index (χ4v) is 4.83. The average Bonchev–Trinajstić information content (AvgIpc) is 3.28. The smallest absolute Gasteiger partial charge is 0.266 e. The molecule has 0 spiro atoms. The Balaban J connectivity index is 0.00000324. The quantitative estimate of drug-likeness (QED) is 0.428. The van der Waals surface area contributed by atoms with E-state index in [1.807, 2.05) is 19.1 Å². The second-order valence-corrected chi connectivity index (χ2v) is 8.83. The van der Waals surface area contributed by atoms with Crippen molar-refractivity contribution in [3.8, 4) is 11.5 Å². The lowest BCUT2D eigenvalue weighted by Gasteiger charge is -2.27. The number of nitrogens with zero attached hydrogens (tertiary/aromatic N) is 3. The maximum Gasteiger partial charge on any atom is 0.266 e. The van der Waals surface area contributed by atoms with Gasteiger partial charge in [0.2, 0.25) is 0 Å². The lowest BCUT2D eigenvalue weighted by Crippen LogP contribution is -2.40. The molecule has 0 unspecified atom stereocenters. The van der Waals surface area contributed by atoms with Crippen LogP contribution in [0.2, 0.25) is 0 Å². The van der Waals surface area contributed by atoms with Gasteiger partial charge in [0.15, 0.2) is 11.7 Å². The number of hydrogen-bond acceptors (Lipinski definition) is 7. The molecule has 1 aliphatic rings. The minimum Gasteiger partial charge on any atom is -0.494 e. The lowest BCUT2D eigenvalue weighted by molar-refractivity contribution is -0.120. The highest BCUT2D eigenvalue weighted by molar-refractivity contribution is 7.22. The van der Waals surface area contributed by atoms with Crippen LogP contribution in [0.3, 0.4) is 0 Å². The van der Waals surface area contributed by atoms with E-state index in [-0.39, 0.29) is 30.7 Å². The molecular weight excluding hydrogens is 481 g/mol. The van der Waals surface area contributed by atoms with Crippen molar-refractivity contribution in [3.05, 3.63) is 47.8 Å². The molecule has 3 aromatic rings. The number of morpholine rings is 1. The Morgan fingerprint density at radius 2 is 1.94 bits per heavy atom. The van der Waals surface area contributed by atoms with E-state index in [0.29, 0.717) is 23.2 Å². The van der Waals surface area contributed by atoms with Gasteiger partial charge in [-0.05, 0) is 49.2 Å². The Bertz CT molecular complexity index is 1090. The predicted octanol–water partition coefficient (Wildman–Crippen LogP) is 4.31. The summed E-state index contributed by atoms with van der Waals surface area (Å²) in [5.74, 6) is 0.579. The van der Waals surface area contributed by atoms with Crippen molar-refractivity contribution >= 4 is 45.0 Å². The van der Waals surface area contributed by atoms with E-state index in [2.05, 4.69) is 4.90 Å². The Labute approximate surface area is 208 Å². The average molecular weight is 510 g/mol. The van der Waals surface area contributed by atoms with Crippen molar-refractivity contribution in [1.29, 1.82) is 0 Å². The first kappa shape index (κ1) is 26.2. The molecule has 7 nitrogen and oxygen atoms in total. The van der Waals surface area contributed by atoms with Crippen LogP contribution in [-0.4, -0.2) is 68.9 Å². The molecule has 1 amide bonds. The molecule has 0 N–H and O–H groups in total. The van der Waals surface area contributed by atoms with Crippen molar-refractivity contribution in [3.63, 3.8) is 0 Å². The molecule has 0 radical (unpaired) electrons. The number of thiazole rings is 1. The van der Waals surface area contributed by atoms with Crippen LogP contribution in [0.25, 0.3) is 10.2 Å². The topological polar surface area (TPSA) is 64.1 Å². The zero-order chi connectivity index (χ0) is 23.2. The first-order valence-corrected chi connectivity index (χ1v) is 11.8. The first-order chi connectivity index (χ1) is 16.0. The molecule has 2 heterocycles. The summed E-state index contributed by atoms with van der Waals surface area (Å²) in [6, 6.07) is 9.52. The fourth-order valence-electron chi connectivity index (χ4n) is 3.74. The molecule has 1 saturated heterocycles. The van der Waals surface area contributed by atoms with Crippen LogP contribution in [0, 0.1) is 12.7 Å². The van der Waals surface area contributed by atoms with Crippen LogP contribution in [0.15, 0.2) is 36.4 Å². The summed E-state index contributed by atoms with van der Waals surface area (Å²) < 4.78 is 30.7. The molecular formula is C24H29ClFN3O4S. The van der Waals surface area contributed by atoms with E-state index < -0.39 is 0 Å². The van der Waals surface area contributed by atoms with Crippen LogP contribution in [0.1, 0.15) is 12.0 Å². The molecule has 0 saturated carbocycles. The number of aryl methyl sites for hydroxylation is 1. The summed E-state index contributed by atoms with van der Waals surface area (Å²) in [6.07, 6.45) is 0.800. The Morgan fingerprint density at radius 3 is 2.65 bits per heavy atom. The van der Waals surface area contributed by atoms with Gasteiger partial charge >= 0.3 is 0 Å². The number of fused-ring (bicyclic) bond motifs is 1. The number of ether oxygens (including phenoxy) is 3. The molecule has 1 aromatic heterocycles. The van der Waals surface area contributed by atoms with Gasteiger partial charge in [0, 0.05) is 26.2 Å². The maximum atomic E-state index is 13.2. The molecule has 2 aromatic carbocycles. The Hall–Kier alpha value is -2.46. The van der Waals surface area contributed by atoms with Gasteiger partial charge in [0.05, 0.1) is 25.0 Å². The number of rotatable bonds is 9. The van der Waals surface area contributed by atoms with Gasteiger partial charge in [-0.15, -0.1) is 12.4 Å². The monoisotopic (exact) mass is 509 g/mol. The molecule has 34 heavy (non-hydrogen) atoms. The van der Waals surface area contributed by atoms with Crippen molar-refractivity contribution in [1.82, 2.24) is 9.88 Å². The molecule has 10 heteroatoms. The number of benzene rings is 2. The third-order valence-electron chi connectivity index (χ3n) is 5.58. The number of amides is 1. The predicted molar refractivity (Wildman–Crippen MR) is 134 cm³/mol. The van der Waals surface area contributed by atoms with Crippen LogP contribution < -0.4 is 14.4 Å². The van der Waals surface area contributed by atoms with Gasteiger partial charge in [-0.25, -0.2) is 9.37 Å². The van der Waals surface area contributed by atoms with Crippen LogP contribution in [0.5, 0.6) is 11.5 Å². The summed E-state index contributed by atoms with van der Waals surface area (Å²) in [4.78, 5) is 22.0. The standard InChI is InChI=1S/C24H28FN3O4S.ClH/c1-17-4-9-20(30-2)22-23(17)33-24(26-22)28(11-3-10-27-12-14-31-15-13-27)21(29)16-32-19-7-5-18(25)6-8-19;/h4-9H,3,10-16H2,1-2H3;1H. The Morgan fingerprint density at radius 1 is 1.21 bits per heavy atom. The minimum absolute atomic E-state index is 0. The molecule has 0 bridgehead atoms. The second kappa shape index (κ2) is 12.3. The van der Waals surface area contributed by atoms with E-state index in [0.717, 1.165) is 55.0 Å². The number of halogens is 2. The highest BCUT2D eigenvalue weighted by Gasteiger charge is 2.22.